The minimum atomic E-state index is -0.418. The molecule has 2 atom stereocenters. The van der Waals surface area contributed by atoms with E-state index in [1.165, 1.54) is 0 Å². The first kappa shape index (κ1) is 11.0. The molecule has 1 fully saturated rings. The van der Waals surface area contributed by atoms with Gasteiger partial charge in [-0.25, -0.2) is 0 Å². The number of piperidine rings is 1. The molecule has 0 bridgehead atoms. The van der Waals surface area contributed by atoms with Gasteiger partial charge < -0.3 is 16.0 Å². The summed E-state index contributed by atoms with van der Waals surface area (Å²) in [6, 6.07) is -0.418. The summed E-state index contributed by atoms with van der Waals surface area (Å²) in [6.07, 6.45) is 1.16. The molecule has 0 aromatic carbocycles. The highest BCUT2D eigenvalue weighted by Crippen LogP contribution is 2.13. The van der Waals surface area contributed by atoms with Gasteiger partial charge in [0.1, 0.15) is 6.04 Å². The van der Waals surface area contributed by atoms with Gasteiger partial charge in [-0.05, 0) is 13.3 Å². The van der Waals surface area contributed by atoms with Crippen LogP contribution in [0.4, 0.5) is 0 Å². The van der Waals surface area contributed by atoms with Crippen molar-refractivity contribution < 1.29 is 9.59 Å². The summed E-state index contributed by atoms with van der Waals surface area (Å²) < 4.78 is 0. The lowest BCUT2D eigenvalue weighted by atomic mass is 10.0. The van der Waals surface area contributed by atoms with Crippen LogP contribution in [0.1, 0.15) is 19.8 Å². The van der Waals surface area contributed by atoms with Gasteiger partial charge in [-0.1, -0.05) is 0 Å². The molecule has 1 aliphatic heterocycles. The second kappa shape index (κ2) is 4.41. The van der Waals surface area contributed by atoms with Crippen molar-refractivity contribution in [3.63, 3.8) is 0 Å². The van der Waals surface area contributed by atoms with Gasteiger partial charge in [0, 0.05) is 26.1 Å². The minimum absolute atomic E-state index is 0.000180. The van der Waals surface area contributed by atoms with Crippen LogP contribution in [0.25, 0.3) is 0 Å². The predicted molar refractivity (Wildman–Crippen MR) is 52.5 cm³/mol. The molecule has 5 nitrogen and oxygen atoms in total. The van der Waals surface area contributed by atoms with Crippen LogP contribution in [-0.4, -0.2) is 42.4 Å². The fraction of sp³-hybridized carbons (Fsp3) is 0.778. The zero-order valence-corrected chi connectivity index (χ0v) is 8.62. The van der Waals surface area contributed by atoms with E-state index in [0.717, 1.165) is 6.42 Å². The molecular weight excluding hydrogens is 182 g/mol. The Labute approximate surface area is 83.6 Å². The van der Waals surface area contributed by atoms with Gasteiger partial charge in [-0.15, -0.1) is 0 Å². The molecule has 0 radical (unpaired) electrons. The summed E-state index contributed by atoms with van der Waals surface area (Å²) >= 11 is 0. The quantitative estimate of drug-likeness (QED) is 0.603. The van der Waals surface area contributed by atoms with Crippen LogP contribution < -0.4 is 11.1 Å². The smallest absolute Gasteiger partial charge is 0.242 e. The normalized spacial score (nSPS) is 24.6. The maximum absolute atomic E-state index is 11.5. The van der Waals surface area contributed by atoms with Gasteiger partial charge in [0.2, 0.25) is 11.8 Å². The lowest BCUT2D eigenvalue weighted by Crippen LogP contribution is -2.54. The molecule has 80 valence electrons. The molecule has 1 heterocycles. The summed E-state index contributed by atoms with van der Waals surface area (Å²) in [5, 5.41) is 2.52. The van der Waals surface area contributed by atoms with Gasteiger partial charge in [0.25, 0.3) is 0 Å². The van der Waals surface area contributed by atoms with E-state index in [1.807, 2.05) is 0 Å². The number of amides is 2. The average molecular weight is 199 g/mol. The molecule has 1 saturated heterocycles. The van der Waals surface area contributed by atoms with E-state index in [9.17, 15) is 9.59 Å². The van der Waals surface area contributed by atoms with Crippen LogP contribution in [0.2, 0.25) is 0 Å². The van der Waals surface area contributed by atoms with Crippen LogP contribution in [0.3, 0.4) is 0 Å². The first-order chi connectivity index (χ1) is 6.56. The van der Waals surface area contributed by atoms with Gasteiger partial charge in [0.05, 0.1) is 0 Å². The molecule has 0 spiro atoms. The lowest BCUT2D eigenvalue weighted by Gasteiger charge is -2.34. The van der Waals surface area contributed by atoms with Gasteiger partial charge in [-0.2, -0.15) is 0 Å². The zero-order chi connectivity index (χ0) is 10.7. The third kappa shape index (κ3) is 2.23. The van der Waals surface area contributed by atoms with E-state index >= 15 is 0 Å². The molecule has 1 rings (SSSR count). The van der Waals surface area contributed by atoms with Crippen LogP contribution >= 0.6 is 0 Å². The molecular formula is C9H17N3O2. The SMILES string of the molecule is CNC(=O)[C@H](C)N1C[C@H](N)CCC1=O. The third-order valence-corrected chi connectivity index (χ3v) is 2.57. The van der Waals surface area contributed by atoms with Crippen molar-refractivity contribution in [1.82, 2.24) is 10.2 Å². The van der Waals surface area contributed by atoms with E-state index in [2.05, 4.69) is 5.32 Å². The Morgan fingerprint density at radius 3 is 2.93 bits per heavy atom. The standard InChI is InChI=1S/C9H17N3O2/c1-6(9(14)11-2)12-5-7(10)3-4-8(12)13/h6-7H,3-5,10H2,1-2H3,(H,11,14)/t6-,7+/m0/s1. The monoisotopic (exact) mass is 199 g/mol. The van der Waals surface area contributed by atoms with Crippen molar-refractivity contribution in [2.45, 2.75) is 31.8 Å². The van der Waals surface area contributed by atoms with Gasteiger partial charge in [-0.3, -0.25) is 9.59 Å². The number of hydrogen-bond acceptors (Lipinski definition) is 3. The summed E-state index contributed by atoms with van der Waals surface area (Å²) in [4.78, 5) is 24.4. The molecule has 3 N–H and O–H groups in total. The molecule has 2 amide bonds. The van der Waals surface area contributed by atoms with Crippen LogP contribution in [-0.2, 0) is 9.59 Å². The highest BCUT2D eigenvalue weighted by atomic mass is 16.2. The van der Waals surface area contributed by atoms with E-state index in [4.69, 9.17) is 5.73 Å². The summed E-state index contributed by atoms with van der Waals surface area (Å²) in [6.45, 7) is 2.20. The first-order valence-corrected chi connectivity index (χ1v) is 4.83. The number of carbonyl (C=O) groups is 2. The second-order valence-electron chi connectivity index (χ2n) is 3.64. The number of hydrogen-bond donors (Lipinski definition) is 2. The fourth-order valence-corrected chi connectivity index (χ4v) is 1.62. The summed E-state index contributed by atoms with van der Waals surface area (Å²) in [5.74, 6) is -0.129. The van der Waals surface area contributed by atoms with Gasteiger partial charge in [0.15, 0.2) is 0 Å². The molecule has 0 aliphatic carbocycles. The van der Waals surface area contributed by atoms with Crippen molar-refractivity contribution in [2.75, 3.05) is 13.6 Å². The molecule has 5 heteroatoms. The average Bonchev–Trinajstić information content (AvgIpc) is 2.19. The number of rotatable bonds is 2. The van der Waals surface area contributed by atoms with Crippen molar-refractivity contribution in [2.24, 2.45) is 5.73 Å². The Balaban J connectivity index is 2.64. The molecule has 0 saturated carbocycles. The van der Waals surface area contributed by atoms with Crippen molar-refractivity contribution >= 4 is 11.8 Å². The van der Waals surface area contributed by atoms with Crippen molar-refractivity contribution in [3.05, 3.63) is 0 Å². The predicted octanol–water partition coefficient (Wildman–Crippen LogP) is -0.929. The maximum atomic E-state index is 11.5. The zero-order valence-electron chi connectivity index (χ0n) is 8.62. The van der Waals surface area contributed by atoms with Crippen LogP contribution in [0.5, 0.6) is 0 Å². The van der Waals surface area contributed by atoms with Crippen molar-refractivity contribution in [3.8, 4) is 0 Å². The molecule has 1 aliphatic rings. The van der Waals surface area contributed by atoms with Gasteiger partial charge >= 0.3 is 0 Å². The summed E-state index contributed by atoms with van der Waals surface area (Å²) in [7, 11) is 1.56. The highest BCUT2D eigenvalue weighted by Gasteiger charge is 2.30. The van der Waals surface area contributed by atoms with E-state index in [1.54, 1.807) is 18.9 Å². The Bertz CT molecular complexity index is 242. The Morgan fingerprint density at radius 1 is 1.71 bits per heavy atom. The van der Waals surface area contributed by atoms with Crippen molar-refractivity contribution in [1.29, 1.82) is 0 Å². The van der Waals surface area contributed by atoms with E-state index in [0.29, 0.717) is 13.0 Å². The Morgan fingerprint density at radius 2 is 2.36 bits per heavy atom. The summed E-state index contributed by atoms with van der Waals surface area (Å²) in [5.41, 5.74) is 5.74. The largest absolute Gasteiger partial charge is 0.357 e. The van der Waals surface area contributed by atoms with Crippen LogP contribution in [0.15, 0.2) is 0 Å². The molecule has 0 aromatic heterocycles. The van der Waals surface area contributed by atoms with E-state index < -0.39 is 6.04 Å². The number of nitrogens with zero attached hydrogens (tertiary/aromatic N) is 1. The molecule has 0 aromatic rings. The number of likely N-dealkylation sites (N-methyl/N-ethyl adjacent to an activating group) is 1. The number of carbonyl (C=O) groups excluding carboxylic acids is 2. The Hall–Kier alpha value is -1.10. The second-order valence-corrected chi connectivity index (χ2v) is 3.64. The van der Waals surface area contributed by atoms with E-state index in [-0.39, 0.29) is 17.9 Å². The highest BCUT2D eigenvalue weighted by molar-refractivity contribution is 5.87. The topological polar surface area (TPSA) is 75.4 Å². The van der Waals surface area contributed by atoms with Crippen LogP contribution in [0, 0.1) is 0 Å². The number of nitrogens with one attached hydrogen (secondary N) is 1. The lowest BCUT2D eigenvalue weighted by molar-refractivity contribution is -0.142. The molecule has 14 heavy (non-hydrogen) atoms. The maximum Gasteiger partial charge on any atom is 0.242 e. The minimum Gasteiger partial charge on any atom is -0.357 e. The molecule has 0 unspecified atom stereocenters. The third-order valence-electron chi connectivity index (χ3n) is 2.57. The Kier molecular flexibility index (Phi) is 3.46. The fourth-order valence-electron chi connectivity index (χ4n) is 1.62. The number of likely N-dealkylation sites (tertiary alicyclic amines) is 1. The number of nitrogens with two attached hydrogens (primary N) is 1. The first-order valence-electron chi connectivity index (χ1n) is 4.83.